The van der Waals surface area contributed by atoms with Crippen LogP contribution >= 0.6 is 0 Å². The molecule has 4 aliphatic rings. The van der Waals surface area contributed by atoms with Crippen LogP contribution in [0.3, 0.4) is 0 Å². The van der Waals surface area contributed by atoms with Crippen molar-refractivity contribution >= 4 is 22.7 Å². The summed E-state index contributed by atoms with van der Waals surface area (Å²) in [6.07, 6.45) is 36.7. The highest BCUT2D eigenvalue weighted by Crippen LogP contribution is 2.42. The summed E-state index contributed by atoms with van der Waals surface area (Å²) in [7, 11) is 0. The molecule has 51 heavy (non-hydrogen) atoms. The molecule has 0 saturated heterocycles. The molecular weight excluding hydrogens is 625 g/mol. The normalized spacial score (nSPS) is 22.1. The Kier molecular flexibility index (Phi) is 8.17. The summed E-state index contributed by atoms with van der Waals surface area (Å²) >= 11 is 0. The minimum atomic E-state index is 0.123. The number of allylic oxidation sites excluding steroid dienone is 11. The highest BCUT2D eigenvalue weighted by molar-refractivity contribution is 5.95. The third-order valence-corrected chi connectivity index (χ3v) is 10.9. The molecule has 4 heterocycles. The number of hydrogen-bond acceptors (Lipinski definition) is 5. The Labute approximate surface area is 298 Å². The number of nitrogens with zero attached hydrogens (tertiary/aromatic N) is 6. The van der Waals surface area contributed by atoms with E-state index in [4.69, 9.17) is 15.0 Å². The third-order valence-electron chi connectivity index (χ3n) is 10.9. The molecule has 5 aromatic rings. The van der Waals surface area contributed by atoms with Crippen molar-refractivity contribution in [1.82, 2.24) is 24.5 Å². The van der Waals surface area contributed by atoms with Crippen LogP contribution in [-0.4, -0.2) is 24.5 Å². The Bertz CT molecular complexity index is 2290. The van der Waals surface area contributed by atoms with Crippen LogP contribution in [0.25, 0.3) is 45.3 Å². The number of nitriles is 1. The van der Waals surface area contributed by atoms with Crippen molar-refractivity contribution < 1.29 is 0 Å². The van der Waals surface area contributed by atoms with Crippen LogP contribution < -0.4 is 0 Å². The molecule has 6 nitrogen and oxygen atoms in total. The van der Waals surface area contributed by atoms with Gasteiger partial charge in [-0.15, -0.1) is 0 Å². The van der Waals surface area contributed by atoms with E-state index in [9.17, 15) is 5.26 Å². The molecular formula is C45H38N6. The van der Waals surface area contributed by atoms with Crippen LogP contribution in [0.15, 0.2) is 128 Å². The molecule has 248 valence electrons. The molecule has 1 aromatic carbocycles. The highest BCUT2D eigenvalue weighted by Gasteiger charge is 2.30. The summed E-state index contributed by atoms with van der Waals surface area (Å²) in [6.45, 7) is 0. The molecule has 0 saturated carbocycles. The van der Waals surface area contributed by atoms with E-state index in [0.29, 0.717) is 17.4 Å². The molecule has 0 aliphatic heterocycles. The first-order valence-corrected chi connectivity index (χ1v) is 18.1. The Morgan fingerprint density at radius 2 is 1.76 bits per heavy atom. The van der Waals surface area contributed by atoms with Crippen LogP contribution in [0.1, 0.15) is 72.1 Å². The first kappa shape index (κ1) is 31.1. The predicted molar refractivity (Wildman–Crippen MR) is 204 cm³/mol. The Morgan fingerprint density at radius 1 is 0.804 bits per heavy atom. The van der Waals surface area contributed by atoms with Gasteiger partial charge in [0.2, 0.25) is 0 Å². The van der Waals surface area contributed by atoms with Crippen LogP contribution in [0, 0.1) is 23.2 Å². The number of pyridine rings is 2. The number of fused-ring (bicyclic) bond motifs is 3. The monoisotopic (exact) mass is 662 g/mol. The minimum absolute atomic E-state index is 0.123. The maximum atomic E-state index is 9.55. The summed E-state index contributed by atoms with van der Waals surface area (Å²) in [4.78, 5) is 19.9. The second-order valence-electron chi connectivity index (χ2n) is 13.9. The molecule has 4 unspecified atom stereocenters. The van der Waals surface area contributed by atoms with Gasteiger partial charge in [-0.2, -0.15) is 5.26 Å². The number of aromatic nitrogens is 5. The van der Waals surface area contributed by atoms with E-state index in [-0.39, 0.29) is 11.8 Å². The number of rotatable bonds is 6. The molecule has 9 rings (SSSR count). The fourth-order valence-electron chi connectivity index (χ4n) is 8.33. The Hall–Kier alpha value is -5.93. The molecule has 0 radical (unpaired) electrons. The van der Waals surface area contributed by atoms with Crippen molar-refractivity contribution in [3.8, 4) is 28.7 Å². The highest BCUT2D eigenvalue weighted by atomic mass is 15.0. The van der Waals surface area contributed by atoms with E-state index >= 15 is 0 Å². The van der Waals surface area contributed by atoms with Crippen molar-refractivity contribution in [2.24, 2.45) is 11.8 Å². The van der Waals surface area contributed by atoms with Crippen LogP contribution in [0.2, 0.25) is 0 Å². The lowest BCUT2D eigenvalue weighted by atomic mass is 9.77. The fraction of sp³-hybridized carbons (Fsp3) is 0.222. The third kappa shape index (κ3) is 5.79. The number of hydrogen-bond donors (Lipinski definition) is 0. The van der Waals surface area contributed by atoms with Gasteiger partial charge in [-0.1, -0.05) is 66.8 Å². The second-order valence-corrected chi connectivity index (χ2v) is 13.9. The van der Waals surface area contributed by atoms with Gasteiger partial charge in [0.25, 0.3) is 0 Å². The lowest BCUT2D eigenvalue weighted by Gasteiger charge is -2.29. The summed E-state index contributed by atoms with van der Waals surface area (Å²) in [5.41, 5.74) is 10.6. The fourth-order valence-corrected chi connectivity index (χ4v) is 8.33. The molecule has 6 heteroatoms. The van der Waals surface area contributed by atoms with Crippen LogP contribution in [0.5, 0.6) is 0 Å². The van der Waals surface area contributed by atoms with Crippen LogP contribution in [-0.2, 0) is 6.42 Å². The van der Waals surface area contributed by atoms with E-state index < -0.39 is 0 Å². The topological polar surface area (TPSA) is 80.3 Å². The quantitative estimate of drug-likeness (QED) is 0.169. The molecule has 0 amide bonds. The van der Waals surface area contributed by atoms with Gasteiger partial charge < -0.3 is 4.57 Å². The first-order valence-electron chi connectivity index (χ1n) is 18.1. The van der Waals surface area contributed by atoms with Crippen molar-refractivity contribution in [3.63, 3.8) is 0 Å². The van der Waals surface area contributed by atoms with E-state index in [2.05, 4.69) is 101 Å². The van der Waals surface area contributed by atoms with Crippen molar-refractivity contribution in [1.29, 1.82) is 5.26 Å². The first-order chi connectivity index (χ1) is 25.2. The van der Waals surface area contributed by atoms with Gasteiger partial charge in [0.05, 0.1) is 34.2 Å². The predicted octanol–water partition coefficient (Wildman–Crippen LogP) is 10.2. The average molecular weight is 663 g/mol. The van der Waals surface area contributed by atoms with Gasteiger partial charge in [0.15, 0.2) is 0 Å². The maximum Gasteiger partial charge on any atom is 0.136 e. The van der Waals surface area contributed by atoms with Gasteiger partial charge in [-0.25, -0.2) is 9.97 Å². The standard InChI is InChI=1S/C45H38N6/c46-28-30-15-24-41-38(27-30)37-12-4-5-14-40(37)51(41)36-22-20-32(21-23-36)31-16-18-34(19-17-31)45-49-43(35-11-8-25-47-29-35)42(33-9-2-1-3-10-33)44(50-45)39-13-6-7-26-48-39/h1-4,6-9,11-13,15-16,18,20,22-27,29,31-34H,5,10,14,17,19,21H2. The summed E-state index contributed by atoms with van der Waals surface area (Å²) < 4.78 is 2.42. The largest absolute Gasteiger partial charge is 0.313 e. The van der Waals surface area contributed by atoms with Gasteiger partial charge in [-0.3, -0.25) is 9.97 Å². The molecule has 0 spiro atoms. The molecule has 0 fully saturated rings. The molecule has 0 bridgehead atoms. The van der Waals surface area contributed by atoms with E-state index in [1.165, 1.54) is 22.5 Å². The lowest BCUT2D eigenvalue weighted by Crippen LogP contribution is -2.19. The Morgan fingerprint density at radius 3 is 2.53 bits per heavy atom. The zero-order valence-corrected chi connectivity index (χ0v) is 28.4. The van der Waals surface area contributed by atoms with Gasteiger partial charge >= 0.3 is 0 Å². The molecule has 4 atom stereocenters. The van der Waals surface area contributed by atoms with Crippen molar-refractivity contribution in [2.75, 3.05) is 0 Å². The van der Waals surface area contributed by atoms with Crippen molar-refractivity contribution in [2.45, 2.75) is 50.4 Å². The smallest absolute Gasteiger partial charge is 0.136 e. The molecule has 0 N–H and O–H groups in total. The molecule has 4 aliphatic carbocycles. The zero-order valence-electron chi connectivity index (χ0n) is 28.4. The van der Waals surface area contributed by atoms with Gasteiger partial charge in [-0.05, 0) is 98.9 Å². The number of benzene rings is 1. The van der Waals surface area contributed by atoms with Crippen LogP contribution in [0.4, 0.5) is 0 Å². The van der Waals surface area contributed by atoms with E-state index in [1.807, 2.05) is 48.9 Å². The van der Waals surface area contributed by atoms with Gasteiger partial charge in [0.1, 0.15) is 5.82 Å². The summed E-state index contributed by atoms with van der Waals surface area (Å²) in [5.74, 6) is 2.02. The van der Waals surface area contributed by atoms with Gasteiger partial charge in [0, 0.05) is 63.9 Å². The summed E-state index contributed by atoms with van der Waals surface area (Å²) in [5, 5.41) is 10.7. The average Bonchev–Trinajstić information content (AvgIpc) is 3.55. The maximum absolute atomic E-state index is 9.55. The minimum Gasteiger partial charge on any atom is -0.313 e. The van der Waals surface area contributed by atoms with E-state index in [0.717, 1.165) is 77.9 Å². The Balaban J connectivity index is 1.01. The van der Waals surface area contributed by atoms with Crippen molar-refractivity contribution in [3.05, 3.63) is 156 Å². The SMILES string of the molecule is N#Cc1ccc2c(c1)c1c(n2C2=CCC(C3C=CC(c4nc(-c5cccnc5)c(C5C=CC=CC5)c(-c5ccccn5)n4)CC3)C=C2)CCC=C1. The zero-order chi connectivity index (χ0) is 34.1. The van der Waals surface area contributed by atoms with E-state index in [1.54, 1.807) is 0 Å². The second kappa shape index (κ2) is 13.4. The summed E-state index contributed by atoms with van der Waals surface area (Å²) in [6, 6.07) is 18.5. The molecule has 4 aromatic heterocycles. The lowest BCUT2D eigenvalue weighted by molar-refractivity contribution is 0.404.